The first-order chi connectivity index (χ1) is 12.5. The monoisotopic (exact) mass is 369 g/mol. The zero-order chi connectivity index (χ0) is 18.5. The van der Waals surface area contributed by atoms with Crippen LogP contribution in [0, 0.1) is 6.92 Å². The van der Waals surface area contributed by atoms with Crippen LogP contribution in [0.15, 0.2) is 54.0 Å². The molecule has 0 aliphatic heterocycles. The molecular formula is C19H19N3O3S. The van der Waals surface area contributed by atoms with Gasteiger partial charge in [-0.15, -0.1) is 11.3 Å². The second-order valence-electron chi connectivity index (χ2n) is 5.84. The Balaban J connectivity index is 1.54. The molecule has 1 aromatic carbocycles. The summed E-state index contributed by atoms with van der Waals surface area (Å²) in [7, 11) is 1.69. The third kappa shape index (κ3) is 4.18. The van der Waals surface area contributed by atoms with Crippen LogP contribution in [-0.2, 0) is 16.1 Å². The number of hydrogen-bond acceptors (Lipinski definition) is 5. The second kappa shape index (κ2) is 7.97. The summed E-state index contributed by atoms with van der Waals surface area (Å²) in [5, 5.41) is 6.18. The van der Waals surface area contributed by atoms with Crippen LogP contribution in [0.1, 0.15) is 20.9 Å². The number of rotatable bonds is 6. The van der Waals surface area contributed by atoms with Crippen molar-refractivity contribution < 1.29 is 14.3 Å². The topological polar surface area (TPSA) is 64.4 Å². The van der Waals surface area contributed by atoms with E-state index < -0.39 is 5.97 Å². The Morgan fingerprint density at radius 1 is 1.19 bits per heavy atom. The molecule has 6 nitrogen and oxygen atoms in total. The van der Waals surface area contributed by atoms with Gasteiger partial charge in [0, 0.05) is 23.8 Å². The number of benzene rings is 1. The van der Waals surface area contributed by atoms with Crippen LogP contribution in [0.4, 0.5) is 0 Å². The molecule has 1 amide bonds. The highest BCUT2D eigenvalue weighted by Crippen LogP contribution is 2.13. The third-order valence-electron chi connectivity index (χ3n) is 3.91. The van der Waals surface area contributed by atoms with Crippen LogP contribution in [0.3, 0.4) is 0 Å². The Hall–Kier alpha value is -2.93. The van der Waals surface area contributed by atoms with Gasteiger partial charge in [0.25, 0.3) is 5.91 Å². The van der Waals surface area contributed by atoms with Crippen LogP contribution in [0.25, 0.3) is 5.69 Å². The molecule has 0 fully saturated rings. The quantitative estimate of drug-likeness (QED) is 0.627. The van der Waals surface area contributed by atoms with Crippen molar-refractivity contribution in [2.45, 2.75) is 13.5 Å². The molecule has 3 aromatic rings. The first kappa shape index (κ1) is 17.9. The number of esters is 1. The maximum absolute atomic E-state index is 12.1. The Morgan fingerprint density at radius 3 is 2.58 bits per heavy atom. The fourth-order valence-corrected chi connectivity index (χ4v) is 3.18. The molecule has 0 bridgehead atoms. The van der Waals surface area contributed by atoms with Gasteiger partial charge >= 0.3 is 5.97 Å². The average Bonchev–Trinajstić information content (AvgIpc) is 3.31. The van der Waals surface area contributed by atoms with E-state index in [1.807, 2.05) is 30.5 Å². The minimum atomic E-state index is -0.522. The first-order valence-corrected chi connectivity index (χ1v) is 8.97. The number of aromatic nitrogens is 2. The number of nitrogens with zero attached hydrogens (tertiary/aromatic N) is 3. The summed E-state index contributed by atoms with van der Waals surface area (Å²) in [5.41, 5.74) is 2.25. The number of likely N-dealkylation sites (N-methyl/N-ethyl adjacent to an activating group) is 1. The van der Waals surface area contributed by atoms with Crippen LogP contribution in [-0.4, -0.2) is 40.2 Å². The number of amides is 1. The molecule has 0 radical (unpaired) electrons. The maximum Gasteiger partial charge on any atom is 0.338 e. The summed E-state index contributed by atoms with van der Waals surface area (Å²) < 4.78 is 6.91. The van der Waals surface area contributed by atoms with Crippen LogP contribution in [0.5, 0.6) is 0 Å². The van der Waals surface area contributed by atoms with E-state index in [2.05, 4.69) is 5.10 Å². The van der Waals surface area contributed by atoms with Crippen molar-refractivity contribution in [3.05, 3.63) is 70.2 Å². The minimum absolute atomic E-state index is 0.240. The van der Waals surface area contributed by atoms with E-state index in [9.17, 15) is 9.59 Å². The number of carbonyl (C=O) groups is 2. The van der Waals surface area contributed by atoms with E-state index in [0.717, 1.165) is 16.3 Å². The lowest BCUT2D eigenvalue weighted by molar-refractivity contribution is -0.133. The Bertz CT molecular complexity index is 885. The van der Waals surface area contributed by atoms with Gasteiger partial charge in [0.2, 0.25) is 0 Å². The predicted octanol–water partition coefficient (Wildman–Crippen LogP) is 3.06. The SMILES string of the molecule is Cc1ccnn1-c1ccc(C(=O)OCC(=O)N(C)Cc2cccs2)cc1. The van der Waals surface area contributed by atoms with E-state index in [-0.39, 0.29) is 12.5 Å². The number of ether oxygens (including phenoxy) is 1. The van der Waals surface area contributed by atoms with Crippen molar-refractivity contribution in [2.24, 2.45) is 0 Å². The van der Waals surface area contributed by atoms with Crippen LogP contribution >= 0.6 is 11.3 Å². The van der Waals surface area contributed by atoms with Gasteiger partial charge < -0.3 is 9.64 Å². The Morgan fingerprint density at radius 2 is 1.96 bits per heavy atom. The zero-order valence-corrected chi connectivity index (χ0v) is 15.4. The molecule has 7 heteroatoms. The van der Waals surface area contributed by atoms with Crippen molar-refractivity contribution in [1.29, 1.82) is 0 Å². The smallest absolute Gasteiger partial charge is 0.338 e. The summed E-state index contributed by atoms with van der Waals surface area (Å²) in [4.78, 5) is 26.9. The molecule has 2 aromatic heterocycles. The van der Waals surface area contributed by atoms with Gasteiger partial charge in [-0.25, -0.2) is 9.48 Å². The van der Waals surface area contributed by atoms with Crippen molar-refractivity contribution in [3.8, 4) is 5.69 Å². The maximum atomic E-state index is 12.1. The number of carbonyl (C=O) groups excluding carboxylic acids is 2. The van der Waals surface area contributed by atoms with E-state index >= 15 is 0 Å². The van der Waals surface area contributed by atoms with Gasteiger partial charge in [-0.3, -0.25) is 4.79 Å². The third-order valence-corrected chi connectivity index (χ3v) is 4.77. The predicted molar refractivity (Wildman–Crippen MR) is 99.4 cm³/mol. The lowest BCUT2D eigenvalue weighted by Gasteiger charge is -2.16. The van der Waals surface area contributed by atoms with Crippen molar-refractivity contribution in [1.82, 2.24) is 14.7 Å². The number of hydrogen-bond donors (Lipinski definition) is 0. The van der Waals surface area contributed by atoms with Gasteiger partial charge in [0.1, 0.15) is 0 Å². The van der Waals surface area contributed by atoms with Gasteiger partial charge in [0.05, 0.1) is 17.8 Å². The highest BCUT2D eigenvalue weighted by Gasteiger charge is 2.14. The Labute approximate surface area is 155 Å². The van der Waals surface area contributed by atoms with Crippen molar-refractivity contribution in [3.63, 3.8) is 0 Å². The number of aryl methyl sites for hydroxylation is 1. The summed E-state index contributed by atoms with van der Waals surface area (Å²) in [5.74, 6) is -0.762. The zero-order valence-electron chi connectivity index (χ0n) is 14.6. The first-order valence-electron chi connectivity index (χ1n) is 8.09. The molecule has 0 aliphatic rings. The average molecular weight is 369 g/mol. The van der Waals surface area contributed by atoms with Gasteiger partial charge in [-0.2, -0.15) is 5.10 Å². The van der Waals surface area contributed by atoms with Crippen LogP contribution in [0.2, 0.25) is 0 Å². The lowest BCUT2D eigenvalue weighted by Crippen LogP contribution is -2.30. The van der Waals surface area contributed by atoms with Gasteiger partial charge in [0.15, 0.2) is 6.61 Å². The highest BCUT2D eigenvalue weighted by molar-refractivity contribution is 7.09. The summed E-state index contributed by atoms with van der Waals surface area (Å²) in [6.45, 7) is 2.18. The molecule has 0 saturated carbocycles. The molecule has 0 saturated heterocycles. The molecule has 3 rings (SSSR count). The van der Waals surface area contributed by atoms with E-state index in [0.29, 0.717) is 12.1 Å². The summed E-state index contributed by atoms with van der Waals surface area (Å²) >= 11 is 1.58. The lowest BCUT2D eigenvalue weighted by atomic mass is 10.2. The van der Waals surface area contributed by atoms with Gasteiger partial charge in [-0.1, -0.05) is 6.07 Å². The van der Waals surface area contributed by atoms with Crippen molar-refractivity contribution >= 4 is 23.2 Å². The highest BCUT2D eigenvalue weighted by atomic mass is 32.1. The van der Waals surface area contributed by atoms with E-state index in [1.54, 1.807) is 58.4 Å². The normalized spacial score (nSPS) is 10.5. The standard InChI is InChI=1S/C19H19N3O3S/c1-14-9-10-20-22(14)16-7-5-15(6-8-16)19(24)25-13-18(23)21(2)12-17-4-3-11-26-17/h3-11H,12-13H2,1-2H3. The molecule has 0 spiro atoms. The molecular weight excluding hydrogens is 350 g/mol. The summed E-state index contributed by atoms with van der Waals surface area (Å²) in [6, 6.07) is 12.7. The minimum Gasteiger partial charge on any atom is -0.452 e. The van der Waals surface area contributed by atoms with Crippen molar-refractivity contribution in [2.75, 3.05) is 13.7 Å². The molecule has 134 valence electrons. The summed E-state index contributed by atoms with van der Waals surface area (Å²) in [6.07, 6.45) is 1.72. The van der Waals surface area contributed by atoms with E-state index in [4.69, 9.17) is 4.74 Å². The molecule has 0 aliphatic carbocycles. The van der Waals surface area contributed by atoms with Gasteiger partial charge in [-0.05, 0) is 48.7 Å². The number of thiophene rings is 1. The molecule has 26 heavy (non-hydrogen) atoms. The molecule has 0 N–H and O–H groups in total. The Kier molecular flexibility index (Phi) is 5.48. The molecule has 0 atom stereocenters. The fourth-order valence-electron chi connectivity index (χ4n) is 2.42. The second-order valence-corrected chi connectivity index (χ2v) is 6.87. The fraction of sp³-hybridized carbons (Fsp3) is 0.211. The van der Waals surface area contributed by atoms with E-state index in [1.165, 1.54) is 0 Å². The molecule has 2 heterocycles. The molecule has 0 unspecified atom stereocenters. The largest absolute Gasteiger partial charge is 0.452 e. The van der Waals surface area contributed by atoms with Crippen LogP contribution < -0.4 is 0 Å².